The lowest BCUT2D eigenvalue weighted by Crippen LogP contribution is -2.38. The third-order valence-electron chi connectivity index (χ3n) is 4.56. The fourth-order valence-electron chi connectivity index (χ4n) is 3.10. The molecule has 1 aliphatic rings. The van der Waals surface area contributed by atoms with Crippen LogP contribution < -0.4 is 10.6 Å². The first kappa shape index (κ1) is 17.9. The maximum atomic E-state index is 12.2. The third-order valence-corrected chi connectivity index (χ3v) is 4.56. The molecule has 0 aliphatic carbocycles. The topological polar surface area (TPSA) is 74.3 Å². The Morgan fingerprint density at radius 2 is 1.85 bits per heavy atom. The fraction of sp³-hybridized carbons (Fsp3) is 0.350. The molecule has 6 heteroatoms. The summed E-state index contributed by atoms with van der Waals surface area (Å²) in [6, 6.07) is 13.7. The summed E-state index contributed by atoms with van der Waals surface area (Å²) in [5, 5.41) is 5.68. The van der Waals surface area contributed by atoms with Gasteiger partial charge in [0.05, 0.1) is 0 Å². The minimum Gasteiger partial charge on any atom is -0.342 e. The van der Waals surface area contributed by atoms with Crippen molar-refractivity contribution in [2.75, 3.05) is 19.6 Å². The maximum Gasteiger partial charge on any atom is 0.315 e. The number of urea groups is 1. The summed E-state index contributed by atoms with van der Waals surface area (Å²) in [5.41, 5.74) is 2.23. The summed E-state index contributed by atoms with van der Waals surface area (Å²) in [5.74, 6) is 0.342. The van der Waals surface area contributed by atoms with Gasteiger partial charge in [0.1, 0.15) is 0 Å². The monoisotopic (exact) mass is 352 g/mol. The van der Waals surface area contributed by atoms with Gasteiger partial charge in [0.15, 0.2) is 0 Å². The molecule has 2 N–H and O–H groups in total. The Kier molecular flexibility index (Phi) is 6.19. The highest BCUT2D eigenvalue weighted by Crippen LogP contribution is 2.17. The van der Waals surface area contributed by atoms with Crippen LogP contribution in [0.15, 0.2) is 54.9 Å². The Morgan fingerprint density at radius 1 is 1.08 bits per heavy atom. The number of nitrogens with one attached hydrogen (secondary N) is 2. The molecule has 1 saturated heterocycles. The summed E-state index contributed by atoms with van der Waals surface area (Å²) >= 11 is 0. The van der Waals surface area contributed by atoms with Crippen molar-refractivity contribution in [3.05, 3.63) is 66.0 Å². The largest absolute Gasteiger partial charge is 0.342 e. The van der Waals surface area contributed by atoms with Crippen molar-refractivity contribution in [1.29, 1.82) is 0 Å². The van der Waals surface area contributed by atoms with Crippen LogP contribution in [0.1, 0.15) is 17.5 Å². The van der Waals surface area contributed by atoms with E-state index in [1.807, 2.05) is 35.2 Å². The molecule has 1 fully saturated rings. The van der Waals surface area contributed by atoms with E-state index in [0.29, 0.717) is 26.1 Å². The number of pyridine rings is 1. The van der Waals surface area contributed by atoms with Gasteiger partial charge in [-0.25, -0.2) is 4.79 Å². The minimum atomic E-state index is -0.211. The first-order valence-electron chi connectivity index (χ1n) is 8.93. The quantitative estimate of drug-likeness (QED) is 0.800. The molecular weight excluding hydrogens is 328 g/mol. The van der Waals surface area contributed by atoms with Crippen LogP contribution in [0.5, 0.6) is 0 Å². The van der Waals surface area contributed by atoms with E-state index in [9.17, 15) is 9.59 Å². The van der Waals surface area contributed by atoms with Crippen molar-refractivity contribution in [3.63, 3.8) is 0 Å². The highest BCUT2D eigenvalue weighted by molar-refractivity contribution is 5.79. The van der Waals surface area contributed by atoms with E-state index in [4.69, 9.17) is 0 Å². The maximum absolute atomic E-state index is 12.2. The van der Waals surface area contributed by atoms with E-state index in [1.165, 1.54) is 5.56 Å². The first-order valence-corrected chi connectivity index (χ1v) is 8.93. The molecule has 2 aromatic rings. The second-order valence-corrected chi connectivity index (χ2v) is 6.56. The molecule has 1 aromatic carbocycles. The smallest absolute Gasteiger partial charge is 0.315 e. The van der Waals surface area contributed by atoms with Crippen LogP contribution >= 0.6 is 0 Å². The SMILES string of the molecule is O=C(NCc1ccncc1)NCC1CC(=O)N(CCc2ccccc2)C1. The lowest BCUT2D eigenvalue weighted by molar-refractivity contribution is -0.127. The van der Waals surface area contributed by atoms with Crippen molar-refractivity contribution >= 4 is 11.9 Å². The number of rotatable bonds is 7. The Bertz CT molecular complexity index is 721. The predicted octanol–water partition coefficient (Wildman–Crippen LogP) is 1.97. The molecule has 2 heterocycles. The van der Waals surface area contributed by atoms with Crippen LogP contribution in [-0.4, -0.2) is 41.5 Å². The molecule has 0 radical (unpaired) electrons. The van der Waals surface area contributed by atoms with Crippen LogP contribution in [0.4, 0.5) is 4.79 Å². The number of carbonyl (C=O) groups excluding carboxylic acids is 2. The normalized spacial score (nSPS) is 16.5. The van der Waals surface area contributed by atoms with Crippen molar-refractivity contribution < 1.29 is 9.59 Å². The van der Waals surface area contributed by atoms with Gasteiger partial charge in [-0.2, -0.15) is 0 Å². The van der Waals surface area contributed by atoms with E-state index in [-0.39, 0.29) is 17.9 Å². The second kappa shape index (κ2) is 8.99. The Balaban J connectivity index is 1.36. The summed E-state index contributed by atoms with van der Waals surface area (Å²) in [6.07, 6.45) is 4.75. The predicted molar refractivity (Wildman–Crippen MR) is 99.3 cm³/mol. The van der Waals surface area contributed by atoms with Crippen LogP contribution in [-0.2, 0) is 17.8 Å². The fourth-order valence-corrected chi connectivity index (χ4v) is 3.10. The standard InChI is InChI=1S/C20H24N4O2/c25-19-12-18(15-24(19)11-8-16-4-2-1-3-5-16)14-23-20(26)22-13-17-6-9-21-10-7-17/h1-7,9-10,18H,8,11-15H2,(H2,22,23,26). The highest BCUT2D eigenvalue weighted by Gasteiger charge is 2.29. The number of likely N-dealkylation sites (tertiary alicyclic amines) is 1. The Hall–Kier alpha value is -2.89. The molecule has 6 nitrogen and oxygen atoms in total. The lowest BCUT2D eigenvalue weighted by Gasteiger charge is -2.17. The van der Waals surface area contributed by atoms with E-state index in [1.54, 1.807) is 12.4 Å². The molecule has 0 spiro atoms. The molecule has 0 bridgehead atoms. The van der Waals surface area contributed by atoms with E-state index >= 15 is 0 Å². The number of hydrogen-bond donors (Lipinski definition) is 2. The molecule has 1 aliphatic heterocycles. The zero-order valence-corrected chi connectivity index (χ0v) is 14.7. The number of nitrogens with zero attached hydrogens (tertiary/aromatic N) is 2. The van der Waals surface area contributed by atoms with Gasteiger partial charge in [0.25, 0.3) is 0 Å². The number of hydrogen-bond acceptors (Lipinski definition) is 3. The van der Waals surface area contributed by atoms with Gasteiger partial charge in [-0.3, -0.25) is 9.78 Å². The van der Waals surface area contributed by atoms with Gasteiger partial charge in [-0.05, 0) is 29.7 Å². The van der Waals surface area contributed by atoms with Crippen molar-refractivity contribution in [2.24, 2.45) is 5.92 Å². The third kappa shape index (κ3) is 5.31. The summed E-state index contributed by atoms with van der Waals surface area (Å²) < 4.78 is 0. The Labute approximate surface area is 153 Å². The number of amides is 3. The molecule has 3 rings (SSSR count). The van der Waals surface area contributed by atoms with Crippen molar-refractivity contribution in [2.45, 2.75) is 19.4 Å². The number of carbonyl (C=O) groups is 2. The van der Waals surface area contributed by atoms with Crippen molar-refractivity contribution in [3.8, 4) is 0 Å². The van der Waals surface area contributed by atoms with E-state index in [2.05, 4.69) is 27.8 Å². The van der Waals surface area contributed by atoms with Crippen LogP contribution in [0, 0.1) is 5.92 Å². The van der Waals surface area contributed by atoms with Gasteiger partial charge >= 0.3 is 6.03 Å². The number of aromatic nitrogens is 1. The Morgan fingerprint density at radius 3 is 2.62 bits per heavy atom. The molecule has 26 heavy (non-hydrogen) atoms. The average Bonchev–Trinajstić information content (AvgIpc) is 3.04. The van der Waals surface area contributed by atoms with Crippen LogP contribution in [0.3, 0.4) is 0 Å². The molecule has 1 atom stereocenters. The molecular formula is C20H24N4O2. The summed E-state index contributed by atoms with van der Waals surface area (Å²) in [4.78, 5) is 29.9. The zero-order valence-electron chi connectivity index (χ0n) is 14.7. The van der Waals surface area contributed by atoms with Gasteiger partial charge in [0.2, 0.25) is 5.91 Å². The molecule has 1 unspecified atom stereocenters. The van der Waals surface area contributed by atoms with E-state index < -0.39 is 0 Å². The molecule has 3 amide bonds. The van der Waals surface area contributed by atoms with Crippen LogP contribution in [0.25, 0.3) is 0 Å². The average molecular weight is 352 g/mol. The summed E-state index contributed by atoms with van der Waals surface area (Å²) in [7, 11) is 0. The second-order valence-electron chi connectivity index (χ2n) is 6.56. The minimum absolute atomic E-state index is 0.171. The highest BCUT2D eigenvalue weighted by atomic mass is 16.2. The first-order chi connectivity index (χ1) is 12.7. The van der Waals surface area contributed by atoms with Crippen molar-refractivity contribution in [1.82, 2.24) is 20.5 Å². The van der Waals surface area contributed by atoms with E-state index in [0.717, 1.165) is 18.5 Å². The van der Waals surface area contributed by atoms with Gasteiger partial charge < -0.3 is 15.5 Å². The lowest BCUT2D eigenvalue weighted by atomic mass is 10.1. The molecule has 0 saturated carbocycles. The van der Waals surface area contributed by atoms with Gasteiger partial charge in [-0.1, -0.05) is 30.3 Å². The van der Waals surface area contributed by atoms with Gasteiger partial charge in [-0.15, -0.1) is 0 Å². The van der Waals surface area contributed by atoms with Gasteiger partial charge in [0, 0.05) is 50.9 Å². The molecule has 136 valence electrons. The van der Waals surface area contributed by atoms with Crippen LogP contribution in [0.2, 0.25) is 0 Å². The summed E-state index contributed by atoms with van der Waals surface area (Å²) in [6.45, 7) is 2.40. The number of benzene rings is 1. The molecule has 1 aromatic heterocycles. The zero-order chi connectivity index (χ0) is 18.2.